The maximum atomic E-state index is 11.9. The predicted octanol–water partition coefficient (Wildman–Crippen LogP) is 19.0. The van der Waals surface area contributed by atoms with Gasteiger partial charge in [0.1, 0.15) is 6.07 Å². The first-order valence-electron chi connectivity index (χ1n) is 29.9. The Morgan fingerprint density at radius 2 is 1.15 bits per heavy atom. The lowest BCUT2D eigenvalue weighted by atomic mass is 9.87. The molecule has 8 nitrogen and oxygen atoms in total. The molecule has 0 N–H and O–H groups in total. The van der Waals surface area contributed by atoms with Crippen LogP contribution in [0.15, 0.2) is 261 Å². The number of hydrogen-bond donors (Lipinski definition) is 0. The Hall–Kier alpha value is -12.0. The standard InChI is InChI=1S/C80H50N8/c1-2-3-21-55-39-50-20-10-15-30-68(50)83(55)56-35-37-73-62(42-56)66-46-77-64(60-28-13-18-33-71(60)84(77)53-22-6-4-7-23-53)44-79(66)87(73)75-40-52(49-82)76(41-51(75)48-81)88-74-38-36-57(86-69-31-16-11-26-58(69)59-27-12-17-32-70(59)86)43-63(74)67-47-78-65(45-80(67)88)61-29-14-19-34-72(61)85(78)54-24-8-5-9-25-54/h2-11,13-26,28-45,47,51,75,77H,1,46H2/b21-3-. The number of hydrogen-bond acceptors (Lipinski definition) is 3. The van der Waals surface area contributed by atoms with Gasteiger partial charge >= 0.3 is 0 Å². The minimum Gasteiger partial charge on any atom is -0.333 e. The molecule has 5 aromatic heterocycles. The Bertz CT molecular complexity index is 5680. The van der Waals surface area contributed by atoms with Crippen LogP contribution in [0, 0.1) is 40.7 Å². The van der Waals surface area contributed by atoms with Gasteiger partial charge in [0.2, 0.25) is 0 Å². The Labute approximate surface area is 506 Å². The first-order chi connectivity index (χ1) is 43.5. The van der Waals surface area contributed by atoms with Crippen molar-refractivity contribution in [3.63, 3.8) is 0 Å². The Balaban J connectivity index is 0.871. The Kier molecular flexibility index (Phi) is 10.7. The van der Waals surface area contributed by atoms with E-state index in [-0.39, 0.29) is 6.04 Å². The summed E-state index contributed by atoms with van der Waals surface area (Å²) in [4.78, 5) is 2.50. The maximum absolute atomic E-state index is 11.9. The molecule has 2 aliphatic carbocycles. The molecule has 3 unspecified atom stereocenters. The van der Waals surface area contributed by atoms with E-state index in [0.717, 1.165) is 128 Å². The number of para-hydroxylation sites is 6. The number of anilines is 2. The summed E-state index contributed by atoms with van der Waals surface area (Å²) < 4.78 is 11.6. The lowest BCUT2D eigenvalue weighted by molar-refractivity contribution is 0.539. The van der Waals surface area contributed by atoms with Crippen molar-refractivity contribution in [2.75, 3.05) is 4.90 Å². The zero-order valence-electron chi connectivity index (χ0n) is 47.6. The molecule has 6 heterocycles. The molecule has 3 atom stereocenters. The molecule has 0 saturated heterocycles. The fourth-order valence-corrected chi connectivity index (χ4v) is 15.2. The van der Waals surface area contributed by atoms with Gasteiger partial charge in [0.05, 0.1) is 79.3 Å². The topological polar surface area (TPSA) is 75.5 Å². The zero-order valence-corrected chi connectivity index (χ0v) is 47.6. The quantitative estimate of drug-likeness (QED) is 0.142. The van der Waals surface area contributed by atoms with Crippen molar-refractivity contribution in [3.8, 4) is 29.2 Å². The highest BCUT2D eigenvalue weighted by Gasteiger charge is 2.41. The van der Waals surface area contributed by atoms with Gasteiger partial charge in [-0.3, -0.25) is 0 Å². The molecule has 0 bridgehead atoms. The summed E-state index contributed by atoms with van der Waals surface area (Å²) in [5.74, 6) is -0.690. The number of fused-ring (bicyclic) bond motifs is 16. The van der Waals surface area contributed by atoms with E-state index in [0.29, 0.717) is 11.3 Å². The monoisotopic (exact) mass is 1120 g/mol. The van der Waals surface area contributed by atoms with Crippen LogP contribution in [-0.4, -0.2) is 28.9 Å². The van der Waals surface area contributed by atoms with Gasteiger partial charge in [-0.15, -0.1) is 0 Å². The van der Waals surface area contributed by atoms with Crippen LogP contribution in [0.1, 0.15) is 28.6 Å². The highest BCUT2D eigenvalue weighted by Crippen LogP contribution is 2.52. The average Bonchev–Trinajstić information content (AvgIpc) is 1.59. The first kappa shape index (κ1) is 49.4. The van der Waals surface area contributed by atoms with E-state index < -0.39 is 12.0 Å². The summed E-state index contributed by atoms with van der Waals surface area (Å²) in [6.07, 6.45) is 13.2. The molecular formula is C80H50N8. The van der Waals surface area contributed by atoms with E-state index in [1.54, 1.807) is 0 Å². The number of rotatable bonds is 8. The summed E-state index contributed by atoms with van der Waals surface area (Å²) in [6.45, 7) is 4.00. The average molecular weight is 1120 g/mol. The third-order valence-electron chi connectivity index (χ3n) is 18.8. The van der Waals surface area contributed by atoms with Gasteiger partial charge in [-0.2, -0.15) is 10.5 Å². The molecule has 0 fully saturated rings. The van der Waals surface area contributed by atoms with Gasteiger partial charge in [-0.25, -0.2) is 0 Å². The van der Waals surface area contributed by atoms with Crippen molar-refractivity contribution in [2.45, 2.75) is 18.5 Å². The van der Waals surface area contributed by atoms with Crippen LogP contribution in [0.4, 0.5) is 11.4 Å². The van der Waals surface area contributed by atoms with E-state index in [1.165, 1.54) is 22.4 Å². The minimum atomic E-state index is -0.690. The van der Waals surface area contributed by atoms with Crippen LogP contribution in [0.3, 0.4) is 0 Å². The van der Waals surface area contributed by atoms with Gasteiger partial charge in [0.25, 0.3) is 0 Å². The first-order valence-corrected chi connectivity index (χ1v) is 29.9. The molecule has 10 aromatic carbocycles. The van der Waals surface area contributed by atoms with Crippen molar-refractivity contribution in [1.82, 2.24) is 22.8 Å². The van der Waals surface area contributed by atoms with E-state index in [2.05, 4.69) is 301 Å². The van der Waals surface area contributed by atoms with Gasteiger partial charge < -0.3 is 27.7 Å². The zero-order chi connectivity index (χ0) is 58.3. The third kappa shape index (κ3) is 7.02. The van der Waals surface area contributed by atoms with Crippen LogP contribution in [0.25, 0.3) is 128 Å². The number of nitrogens with zero attached hydrogens (tertiary/aromatic N) is 8. The smallest absolute Gasteiger partial charge is 0.101 e. The van der Waals surface area contributed by atoms with E-state index in [9.17, 15) is 10.5 Å². The van der Waals surface area contributed by atoms with Crippen LogP contribution < -0.4 is 4.90 Å². The summed E-state index contributed by atoms with van der Waals surface area (Å²) in [7, 11) is 0. The number of aromatic nitrogens is 5. The van der Waals surface area contributed by atoms with Crippen molar-refractivity contribution in [2.24, 2.45) is 5.92 Å². The molecular weight excluding hydrogens is 1070 g/mol. The molecule has 15 aromatic rings. The molecule has 410 valence electrons. The third-order valence-corrected chi connectivity index (χ3v) is 18.8. The Morgan fingerprint density at radius 3 is 1.94 bits per heavy atom. The molecule has 0 spiro atoms. The minimum absolute atomic E-state index is 0.0131. The Morgan fingerprint density at radius 1 is 0.511 bits per heavy atom. The van der Waals surface area contributed by atoms with Crippen molar-refractivity contribution < 1.29 is 0 Å². The summed E-state index contributed by atoms with van der Waals surface area (Å²) in [5, 5.41) is 32.3. The normalized spacial score (nSPS) is 16.3. The molecule has 1 aliphatic heterocycles. The predicted molar refractivity (Wildman–Crippen MR) is 360 cm³/mol. The second-order valence-electron chi connectivity index (χ2n) is 23.3. The van der Waals surface area contributed by atoms with Crippen LogP contribution in [-0.2, 0) is 6.42 Å². The largest absolute Gasteiger partial charge is 0.333 e. The molecule has 18 rings (SSSR count). The molecule has 88 heavy (non-hydrogen) atoms. The van der Waals surface area contributed by atoms with Crippen molar-refractivity contribution in [3.05, 3.63) is 296 Å². The number of nitriles is 2. The lowest BCUT2D eigenvalue weighted by Gasteiger charge is -2.32. The van der Waals surface area contributed by atoms with Gasteiger partial charge in [-0.05, 0) is 151 Å². The fraction of sp³-hybridized carbons (Fsp3) is 0.0500. The van der Waals surface area contributed by atoms with Crippen LogP contribution >= 0.6 is 0 Å². The van der Waals surface area contributed by atoms with Gasteiger partial charge in [0.15, 0.2) is 0 Å². The molecule has 0 radical (unpaired) electrons. The highest BCUT2D eigenvalue weighted by molar-refractivity contribution is 6.20. The maximum Gasteiger partial charge on any atom is 0.101 e. The fourth-order valence-electron chi connectivity index (χ4n) is 15.2. The van der Waals surface area contributed by atoms with E-state index in [4.69, 9.17) is 0 Å². The summed E-state index contributed by atoms with van der Waals surface area (Å²) in [5.41, 5.74) is 20.6. The molecule has 3 aliphatic rings. The molecule has 0 amide bonds. The molecule has 0 saturated carbocycles. The SMILES string of the molecule is C=C/C=C\c1cc2ccccc2n1-c1ccc2c(c1)c1c(n2C2C=C(C#N)C(n3c4ccc(-n5c6ccc#cc6c6ccccc65)cc4c4cc5c(cc43)c3ccccc3n5-c3ccccc3)=CC2C#N)C=C2c3ccccc3N(c3ccccc3)C2C1. The number of benzene rings is 9. The summed E-state index contributed by atoms with van der Waals surface area (Å²) in [6, 6.07) is 91.7. The summed E-state index contributed by atoms with van der Waals surface area (Å²) >= 11 is 0. The van der Waals surface area contributed by atoms with Crippen molar-refractivity contribution >= 4 is 122 Å². The van der Waals surface area contributed by atoms with Crippen molar-refractivity contribution in [1.29, 1.82) is 10.5 Å². The van der Waals surface area contributed by atoms with E-state index >= 15 is 0 Å². The lowest BCUT2D eigenvalue weighted by Crippen LogP contribution is -2.31. The van der Waals surface area contributed by atoms with E-state index in [1.807, 2.05) is 18.2 Å². The number of allylic oxidation sites excluding steroid dienone is 6. The van der Waals surface area contributed by atoms with Crippen LogP contribution in [0.5, 0.6) is 0 Å². The van der Waals surface area contributed by atoms with Gasteiger partial charge in [0, 0.05) is 95.0 Å². The van der Waals surface area contributed by atoms with Gasteiger partial charge in [-0.1, -0.05) is 140 Å². The van der Waals surface area contributed by atoms with Crippen LogP contribution in [0.2, 0.25) is 0 Å². The molecule has 8 heteroatoms. The second-order valence-corrected chi connectivity index (χ2v) is 23.3. The second kappa shape index (κ2) is 19.0. The highest BCUT2D eigenvalue weighted by atomic mass is 15.2.